The minimum Gasteiger partial charge on any atom is -0.481 e. The zero-order chi connectivity index (χ0) is 27.2. The Bertz CT molecular complexity index is 1240. The highest BCUT2D eigenvalue weighted by molar-refractivity contribution is 7.98. The third-order valence-electron chi connectivity index (χ3n) is 6.59. The predicted molar refractivity (Wildman–Crippen MR) is 151 cm³/mol. The van der Waals surface area contributed by atoms with E-state index in [0.717, 1.165) is 36.3 Å². The largest absolute Gasteiger partial charge is 0.481 e. The maximum atomic E-state index is 13.3. The maximum Gasteiger partial charge on any atom is 0.328 e. The number of rotatable bonds is 8. The van der Waals surface area contributed by atoms with Crippen molar-refractivity contribution in [2.45, 2.75) is 32.4 Å². The van der Waals surface area contributed by atoms with Crippen LogP contribution in [-0.2, 0) is 17.8 Å². The van der Waals surface area contributed by atoms with Crippen molar-refractivity contribution in [3.63, 3.8) is 0 Å². The summed E-state index contributed by atoms with van der Waals surface area (Å²) in [6.45, 7) is 4.81. The molecule has 3 amide bonds. The molecular weight excluding hydrogens is 504 g/mol. The molecule has 0 spiro atoms. The van der Waals surface area contributed by atoms with Crippen molar-refractivity contribution in [1.82, 2.24) is 19.8 Å². The van der Waals surface area contributed by atoms with Gasteiger partial charge in [-0.1, -0.05) is 0 Å². The molecule has 2 aliphatic heterocycles. The van der Waals surface area contributed by atoms with E-state index >= 15 is 0 Å². The number of aryl methyl sites for hydroxylation is 1. The molecule has 0 aliphatic carbocycles. The SMILES string of the molecule is COc1nc2c(cc1CN1CCN(C)CC1=O)CCCN2C(=O)Nc1cc(NC(C)CSC)c(C#N)cn1.[HH]. The van der Waals surface area contributed by atoms with Crippen LogP contribution in [0.5, 0.6) is 5.88 Å². The first-order chi connectivity index (χ1) is 18.3. The standard InChI is InChI=1S/C26H34N8O3S.H2/c1-17(16-38-4)29-21-11-22(28-13-20(21)12-27)30-26(36)34-7-5-6-18-10-19(25(37-3)31-24(18)34)14-33-9-8-32(2)15-23(33)35;/h10-11,13,17H,5-9,14-16H2,1-4H3,(H2,28,29,30,36);1H. The fourth-order valence-electron chi connectivity index (χ4n) is 4.68. The van der Waals surface area contributed by atoms with Gasteiger partial charge in [0.15, 0.2) is 0 Å². The number of fused-ring (bicyclic) bond motifs is 1. The first-order valence-corrected chi connectivity index (χ1v) is 14.0. The van der Waals surface area contributed by atoms with Crippen LogP contribution in [0.3, 0.4) is 0 Å². The molecule has 0 aromatic carbocycles. The summed E-state index contributed by atoms with van der Waals surface area (Å²) in [6.07, 6.45) is 5.04. The molecule has 38 heavy (non-hydrogen) atoms. The topological polar surface area (TPSA) is 127 Å². The number of nitrogens with zero attached hydrogens (tertiary/aromatic N) is 6. The molecule has 1 fully saturated rings. The van der Waals surface area contributed by atoms with E-state index in [1.807, 2.05) is 36.1 Å². The summed E-state index contributed by atoms with van der Waals surface area (Å²) in [5.74, 6) is 2.24. The van der Waals surface area contributed by atoms with E-state index in [-0.39, 0.29) is 19.4 Å². The molecule has 4 heterocycles. The Labute approximate surface area is 229 Å². The number of urea groups is 1. The van der Waals surface area contributed by atoms with E-state index in [1.165, 1.54) is 6.20 Å². The summed E-state index contributed by atoms with van der Waals surface area (Å²) in [7, 11) is 3.48. The predicted octanol–water partition coefficient (Wildman–Crippen LogP) is 3.02. The molecule has 2 aliphatic rings. The van der Waals surface area contributed by atoms with Gasteiger partial charge in [-0.3, -0.25) is 19.9 Å². The number of methoxy groups -OCH3 is 1. The second kappa shape index (κ2) is 12.3. The summed E-state index contributed by atoms with van der Waals surface area (Å²) < 4.78 is 5.58. The third kappa shape index (κ3) is 6.28. The molecule has 204 valence electrons. The Kier molecular flexibility index (Phi) is 8.91. The van der Waals surface area contributed by atoms with Crippen molar-refractivity contribution >= 4 is 41.0 Å². The van der Waals surface area contributed by atoms with Gasteiger partial charge in [-0.25, -0.2) is 9.78 Å². The molecule has 2 aromatic heterocycles. The lowest BCUT2D eigenvalue weighted by Crippen LogP contribution is -2.48. The summed E-state index contributed by atoms with van der Waals surface area (Å²) in [5.41, 5.74) is 2.80. The number of amides is 3. The number of aromatic nitrogens is 2. The van der Waals surface area contributed by atoms with Crippen LogP contribution in [0.1, 0.15) is 31.5 Å². The van der Waals surface area contributed by atoms with Gasteiger partial charge in [0.1, 0.15) is 17.7 Å². The molecule has 0 bridgehead atoms. The molecule has 11 nitrogen and oxygen atoms in total. The monoisotopic (exact) mass is 540 g/mol. The number of ether oxygens (including phenoxy) is 1. The highest BCUT2D eigenvalue weighted by Gasteiger charge is 2.28. The molecule has 0 radical (unpaired) electrons. The molecule has 4 rings (SSSR count). The normalized spacial score (nSPS) is 16.4. The summed E-state index contributed by atoms with van der Waals surface area (Å²) in [6, 6.07) is 5.61. The van der Waals surface area contributed by atoms with E-state index in [4.69, 9.17) is 9.72 Å². The number of thioether (sulfide) groups is 1. The molecule has 1 unspecified atom stereocenters. The van der Waals surface area contributed by atoms with Gasteiger partial charge in [0, 0.05) is 50.7 Å². The number of hydrogen-bond acceptors (Lipinski definition) is 9. The van der Waals surface area contributed by atoms with Crippen molar-refractivity contribution in [2.75, 3.05) is 67.9 Å². The van der Waals surface area contributed by atoms with Gasteiger partial charge in [0.05, 0.1) is 31.5 Å². The number of nitrogens with one attached hydrogen (secondary N) is 2. The first kappa shape index (κ1) is 27.5. The minimum atomic E-state index is -0.359. The highest BCUT2D eigenvalue weighted by atomic mass is 32.2. The Morgan fingerprint density at radius 3 is 2.87 bits per heavy atom. The Morgan fingerprint density at radius 1 is 1.34 bits per heavy atom. The first-order valence-electron chi connectivity index (χ1n) is 12.6. The lowest BCUT2D eigenvalue weighted by atomic mass is 10.0. The van der Waals surface area contributed by atoms with Crippen LogP contribution in [0.4, 0.5) is 22.1 Å². The second-order valence-corrected chi connectivity index (χ2v) is 10.5. The van der Waals surface area contributed by atoms with E-state index in [9.17, 15) is 14.9 Å². The van der Waals surface area contributed by atoms with E-state index < -0.39 is 0 Å². The molecule has 12 heteroatoms. The van der Waals surface area contributed by atoms with E-state index in [0.29, 0.717) is 54.9 Å². The van der Waals surface area contributed by atoms with E-state index in [2.05, 4.69) is 21.7 Å². The Morgan fingerprint density at radius 2 is 2.16 bits per heavy atom. The maximum absolute atomic E-state index is 13.3. The zero-order valence-corrected chi connectivity index (χ0v) is 23.1. The molecule has 0 saturated carbocycles. The van der Waals surface area contributed by atoms with Gasteiger partial charge in [-0.05, 0) is 44.7 Å². The van der Waals surface area contributed by atoms with Crippen molar-refractivity contribution in [3.8, 4) is 11.9 Å². The number of carbonyl (C=O) groups excluding carboxylic acids is 2. The van der Waals surface area contributed by atoms with E-state index in [1.54, 1.807) is 29.8 Å². The number of nitriles is 1. The molecule has 2 aromatic rings. The minimum absolute atomic E-state index is 0. The number of hydrogen-bond donors (Lipinski definition) is 2. The molecule has 1 atom stereocenters. The number of piperazine rings is 1. The van der Waals surface area contributed by atoms with Gasteiger partial charge in [-0.2, -0.15) is 22.0 Å². The molecular formula is C26H36N8O3S. The Balaban J connectivity index is 0.00000420. The fraction of sp³-hybridized carbons (Fsp3) is 0.500. The third-order valence-corrected chi connectivity index (χ3v) is 7.42. The van der Waals surface area contributed by atoms with Gasteiger partial charge in [0.2, 0.25) is 11.8 Å². The van der Waals surface area contributed by atoms with Crippen molar-refractivity contribution in [1.29, 1.82) is 5.26 Å². The zero-order valence-electron chi connectivity index (χ0n) is 22.3. The Hall–Kier alpha value is -3.56. The lowest BCUT2D eigenvalue weighted by molar-refractivity contribution is -0.136. The van der Waals surface area contributed by atoms with Crippen LogP contribution in [-0.4, -0.2) is 90.1 Å². The smallest absolute Gasteiger partial charge is 0.328 e. The average molecular weight is 541 g/mol. The molecule has 1 saturated heterocycles. The van der Waals surface area contributed by atoms with Crippen LogP contribution in [0.15, 0.2) is 18.3 Å². The average Bonchev–Trinajstić information content (AvgIpc) is 2.89. The summed E-state index contributed by atoms with van der Waals surface area (Å²) in [5, 5.41) is 15.7. The summed E-state index contributed by atoms with van der Waals surface area (Å²) in [4.78, 5) is 40.2. The quantitative estimate of drug-likeness (QED) is 0.519. The van der Waals surface area contributed by atoms with Crippen molar-refractivity contribution in [2.24, 2.45) is 0 Å². The van der Waals surface area contributed by atoms with Crippen molar-refractivity contribution < 1.29 is 15.8 Å². The van der Waals surface area contributed by atoms with Crippen LogP contribution in [0.25, 0.3) is 0 Å². The number of pyridine rings is 2. The number of likely N-dealkylation sites (N-methyl/N-ethyl adjacent to an activating group) is 1. The number of anilines is 3. The van der Waals surface area contributed by atoms with Gasteiger partial charge in [-0.15, -0.1) is 0 Å². The fourth-order valence-corrected chi connectivity index (χ4v) is 5.26. The van der Waals surface area contributed by atoms with Gasteiger partial charge >= 0.3 is 6.03 Å². The van der Waals surface area contributed by atoms with Crippen LogP contribution < -0.4 is 20.3 Å². The lowest BCUT2D eigenvalue weighted by Gasteiger charge is -2.33. The molecule has 2 N–H and O–H groups in total. The summed E-state index contributed by atoms with van der Waals surface area (Å²) >= 11 is 1.71. The van der Waals surface area contributed by atoms with Gasteiger partial charge in [0.25, 0.3) is 0 Å². The second-order valence-electron chi connectivity index (χ2n) is 9.61. The van der Waals surface area contributed by atoms with Crippen LogP contribution in [0.2, 0.25) is 0 Å². The van der Waals surface area contributed by atoms with Crippen LogP contribution in [0, 0.1) is 11.3 Å². The highest BCUT2D eigenvalue weighted by Crippen LogP contribution is 2.32. The van der Waals surface area contributed by atoms with Crippen LogP contribution >= 0.6 is 11.8 Å². The van der Waals surface area contributed by atoms with Crippen molar-refractivity contribution in [3.05, 3.63) is 35.0 Å². The number of carbonyl (C=O) groups is 2. The van der Waals surface area contributed by atoms with Gasteiger partial charge < -0.3 is 15.0 Å².